The van der Waals surface area contributed by atoms with Crippen molar-refractivity contribution in [2.75, 3.05) is 44.2 Å². The Morgan fingerprint density at radius 1 is 1.14 bits per heavy atom. The van der Waals surface area contributed by atoms with Gasteiger partial charge in [0.05, 0.1) is 12.2 Å². The molecular weight excluding hydrogens is 472 g/mol. The minimum atomic E-state index is -0.930. The van der Waals surface area contributed by atoms with E-state index in [2.05, 4.69) is 11.8 Å². The van der Waals surface area contributed by atoms with Crippen LogP contribution in [0, 0.1) is 11.6 Å². The van der Waals surface area contributed by atoms with Crippen LogP contribution in [0.2, 0.25) is 0 Å². The summed E-state index contributed by atoms with van der Waals surface area (Å²) in [6.07, 6.45) is 3.51. The van der Waals surface area contributed by atoms with Gasteiger partial charge in [-0.05, 0) is 69.1 Å². The van der Waals surface area contributed by atoms with E-state index in [4.69, 9.17) is 14.6 Å². The number of benzene rings is 2. The number of carboxylic acid groups (broad SMARTS) is 1. The number of carbonyl (C=O) groups excluding carboxylic acids is 2. The molecule has 1 N–H and O–H groups in total. The molecule has 0 aromatic heterocycles. The van der Waals surface area contributed by atoms with Crippen LogP contribution < -0.4 is 9.64 Å². The number of hydrogen-bond acceptors (Lipinski definition) is 5. The maximum atomic E-state index is 13.9. The molecule has 2 aliphatic rings. The molecule has 4 rings (SSSR count). The lowest BCUT2D eigenvalue weighted by atomic mass is 10.1. The van der Waals surface area contributed by atoms with Crippen molar-refractivity contribution >= 4 is 24.0 Å². The van der Waals surface area contributed by atoms with Crippen molar-refractivity contribution in [3.8, 4) is 5.75 Å². The van der Waals surface area contributed by atoms with Crippen LogP contribution >= 0.6 is 0 Å². The van der Waals surface area contributed by atoms with Crippen LogP contribution in [0.15, 0.2) is 42.5 Å². The van der Waals surface area contributed by atoms with Gasteiger partial charge in [-0.2, -0.15) is 0 Å². The summed E-state index contributed by atoms with van der Waals surface area (Å²) in [4.78, 5) is 39.0. The summed E-state index contributed by atoms with van der Waals surface area (Å²) < 4.78 is 32.9. The fourth-order valence-corrected chi connectivity index (χ4v) is 4.46. The maximum absolute atomic E-state index is 13.9. The van der Waals surface area contributed by atoms with Crippen LogP contribution in [0.3, 0.4) is 0 Å². The summed E-state index contributed by atoms with van der Waals surface area (Å²) in [5.41, 5.74) is 0.483. The second-order valence-corrected chi connectivity index (χ2v) is 8.72. The van der Waals surface area contributed by atoms with Crippen molar-refractivity contribution in [3.63, 3.8) is 0 Å². The molecule has 194 valence electrons. The highest BCUT2D eigenvalue weighted by molar-refractivity contribution is 6.01. The molecule has 2 saturated heterocycles. The molecule has 1 atom stereocenters. The lowest BCUT2D eigenvalue weighted by molar-refractivity contribution is -0.123. The minimum absolute atomic E-state index is 0.164. The van der Waals surface area contributed by atoms with E-state index in [0.29, 0.717) is 25.3 Å². The number of halogens is 2. The number of carbonyl (C=O) groups is 3. The Morgan fingerprint density at radius 2 is 1.86 bits per heavy atom. The molecule has 0 aliphatic carbocycles. The number of anilines is 1. The topological polar surface area (TPSA) is 90.4 Å². The number of amides is 2. The van der Waals surface area contributed by atoms with Gasteiger partial charge < -0.3 is 24.5 Å². The lowest BCUT2D eigenvalue weighted by Gasteiger charge is -2.34. The zero-order chi connectivity index (χ0) is 26.1. The van der Waals surface area contributed by atoms with E-state index in [1.807, 2.05) is 24.3 Å². The highest BCUT2D eigenvalue weighted by Crippen LogP contribution is 2.23. The van der Waals surface area contributed by atoms with Gasteiger partial charge in [0.2, 0.25) is 5.91 Å². The second-order valence-electron chi connectivity index (χ2n) is 8.72. The predicted octanol–water partition coefficient (Wildman–Crippen LogP) is 3.41. The van der Waals surface area contributed by atoms with E-state index in [1.54, 1.807) is 4.90 Å². The van der Waals surface area contributed by atoms with Crippen LogP contribution in [0.1, 0.15) is 36.5 Å². The zero-order valence-electron chi connectivity index (χ0n) is 20.2. The Hall–Kier alpha value is -3.53. The van der Waals surface area contributed by atoms with Gasteiger partial charge in [0.1, 0.15) is 23.9 Å². The number of rotatable bonds is 7. The van der Waals surface area contributed by atoms with Crippen LogP contribution in [-0.2, 0) is 9.59 Å². The molecule has 2 aliphatic heterocycles. The third-order valence-electron chi connectivity index (χ3n) is 6.37. The van der Waals surface area contributed by atoms with Crippen molar-refractivity contribution in [1.82, 2.24) is 9.80 Å². The molecule has 2 heterocycles. The highest BCUT2D eigenvalue weighted by Gasteiger charge is 2.30. The molecule has 2 amide bonds. The second kappa shape index (κ2) is 13.0. The van der Waals surface area contributed by atoms with E-state index in [-0.39, 0.29) is 31.0 Å². The predicted molar refractivity (Wildman–Crippen MR) is 130 cm³/mol. The van der Waals surface area contributed by atoms with Crippen molar-refractivity contribution in [2.24, 2.45) is 0 Å². The van der Waals surface area contributed by atoms with E-state index in [1.165, 1.54) is 24.3 Å². The molecule has 2 fully saturated rings. The average Bonchev–Trinajstić information content (AvgIpc) is 3.27. The molecule has 0 spiro atoms. The van der Waals surface area contributed by atoms with Gasteiger partial charge in [-0.3, -0.25) is 14.4 Å². The quantitative estimate of drug-likeness (QED) is 0.460. The fourth-order valence-electron chi connectivity index (χ4n) is 4.46. The van der Waals surface area contributed by atoms with Crippen molar-refractivity contribution in [1.29, 1.82) is 0 Å². The summed E-state index contributed by atoms with van der Waals surface area (Å²) in [5.74, 6) is -1.81. The first-order valence-electron chi connectivity index (χ1n) is 11.9. The Morgan fingerprint density at radius 3 is 2.47 bits per heavy atom. The van der Waals surface area contributed by atoms with E-state index >= 15 is 0 Å². The Kier molecular flexibility index (Phi) is 9.75. The smallest absolute Gasteiger partial charge is 0.290 e. The molecule has 8 nitrogen and oxygen atoms in total. The number of hydrogen-bond donors (Lipinski definition) is 1. The number of likely N-dealkylation sites (tertiary alicyclic amines) is 1. The standard InChI is InChI=1S/C25H29F2N3O3.CH2O2/c1-18-4-2-11-28(18)12-3-15-33-21-8-6-20(7-9-21)30-14-13-29(17-24(30)31)25(32)22-10-5-19(26)16-23(22)27;2-1-3/h5-10,16,18H,2-4,11-15,17H2,1H3;1H,(H,2,3)/t18-;/m0./s1. The average molecular weight is 504 g/mol. The summed E-state index contributed by atoms with van der Waals surface area (Å²) in [6.45, 7) is 5.26. The molecular formula is C26H31F2N3O5. The zero-order valence-corrected chi connectivity index (χ0v) is 20.2. The fraction of sp³-hybridized carbons (Fsp3) is 0.423. The Balaban J connectivity index is 0.00000115. The molecule has 2 aromatic carbocycles. The summed E-state index contributed by atoms with van der Waals surface area (Å²) in [5, 5.41) is 6.89. The molecule has 0 saturated carbocycles. The van der Waals surface area contributed by atoms with Crippen LogP contribution in [0.5, 0.6) is 5.75 Å². The van der Waals surface area contributed by atoms with E-state index < -0.39 is 17.5 Å². The van der Waals surface area contributed by atoms with Gasteiger partial charge in [-0.15, -0.1) is 0 Å². The molecule has 0 bridgehead atoms. The summed E-state index contributed by atoms with van der Waals surface area (Å²) >= 11 is 0. The minimum Gasteiger partial charge on any atom is -0.494 e. The molecule has 36 heavy (non-hydrogen) atoms. The largest absolute Gasteiger partial charge is 0.494 e. The van der Waals surface area contributed by atoms with Crippen LogP contribution in [0.4, 0.5) is 14.5 Å². The lowest BCUT2D eigenvalue weighted by Crippen LogP contribution is -2.52. The van der Waals surface area contributed by atoms with Gasteiger partial charge in [-0.25, -0.2) is 8.78 Å². The SMILES string of the molecule is C[C@H]1CCCN1CCCOc1ccc(N2CCN(C(=O)c3ccc(F)cc3F)CC2=O)cc1.O=CO. The first-order chi connectivity index (χ1) is 17.3. The maximum Gasteiger partial charge on any atom is 0.290 e. The van der Waals surface area contributed by atoms with Crippen molar-refractivity contribution in [3.05, 3.63) is 59.7 Å². The summed E-state index contributed by atoms with van der Waals surface area (Å²) in [7, 11) is 0. The van der Waals surface area contributed by atoms with Crippen molar-refractivity contribution < 1.29 is 33.0 Å². The third kappa shape index (κ3) is 7.00. The number of piperazine rings is 1. The summed E-state index contributed by atoms with van der Waals surface area (Å²) in [6, 6.07) is 10.8. The van der Waals surface area contributed by atoms with Gasteiger partial charge in [0, 0.05) is 37.4 Å². The Labute approximate surface area is 209 Å². The van der Waals surface area contributed by atoms with Gasteiger partial charge in [-0.1, -0.05) is 0 Å². The van der Waals surface area contributed by atoms with Crippen LogP contribution in [-0.4, -0.2) is 78.6 Å². The first-order valence-corrected chi connectivity index (χ1v) is 11.9. The molecule has 10 heteroatoms. The van der Waals surface area contributed by atoms with Gasteiger partial charge in [0.15, 0.2) is 0 Å². The van der Waals surface area contributed by atoms with Crippen molar-refractivity contribution in [2.45, 2.75) is 32.2 Å². The first kappa shape index (κ1) is 27.1. The molecule has 2 aromatic rings. The van der Waals surface area contributed by atoms with Crippen LogP contribution in [0.25, 0.3) is 0 Å². The highest BCUT2D eigenvalue weighted by atomic mass is 19.1. The van der Waals surface area contributed by atoms with Gasteiger partial charge in [0.25, 0.3) is 12.4 Å². The number of nitrogens with zero attached hydrogens (tertiary/aromatic N) is 3. The third-order valence-corrected chi connectivity index (χ3v) is 6.37. The normalized spacial score (nSPS) is 18.0. The molecule has 0 unspecified atom stereocenters. The monoisotopic (exact) mass is 503 g/mol. The Bertz CT molecular complexity index is 1050. The van der Waals surface area contributed by atoms with E-state index in [9.17, 15) is 18.4 Å². The van der Waals surface area contributed by atoms with Gasteiger partial charge >= 0.3 is 0 Å². The van der Waals surface area contributed by atoms with E-state index in [0.717, 1.165) is 36.5 Å². The number of ether oxygens (including phenoxy) is 1. The molecule has 0 radical (unpaired) electrons.